The fraction of sp³-hybridized carbons (Fsp3) is 0.500. The summed E-state index contributed by atoms with van der Waals surface area (Å²) in [5.41, 5.74) is 0.986. The standard InChI is InChI=1S/C16H22N4O/c1-12-5-3-7-20(11-12)15-9-13(2)18-16(19-15)17-10-14-6-4-8-21-14/h4,6,8-9,12H,3,5,7,10-11H2,1-2H3,(H,17,18,19). The highest BCUT2D eigenvalue weighted by molar-refractivity contribution is 5.45. The van der Waals surface area contributed by atoms with Gasteiger partial charge in [0.2, 0.25) is 5.95 Å². The molecule has 1 atom stereocenters. The lowest BCUT2D eigenvalue weighted by molar-refractivity contribution is 0.444. The molecule has 0 amide bonds. The molecule has 5 heteroatoms. The number of nitrogens with one attached hydrogen (secondary N) is 1. The van der Waals surface area contributed by atoms with Crippen LogP contribution in [0.5, 0.6) is 0 Å². The van der Waals surface area contributed by atoms with Gasteiger partial charge >= 0.3 is 0 Å². The highest BCUT2D eigenvalue weighted by atomic mass is 16.3. The van der Waals surface area contributed by atoms with Gasteiger partial charge in [-0.2, -0.15) is 4.98 Å². The molecule has 2 aromatic heterocycles. The Morgan fingerprint density at radius 2 is 2.33 bits per heavy atom. The lowest BCUT2D eigenvalue weighted by Gasteiger charge is -2.32. The number of aryl methyl sites for hydroxylation is 1. The quantitative estimate of drug-likeness (QED) is 0.935. The van der Waals surface area contributed by atoms with E-state index in [0.717, 1.165) is 36.3 Å². The molecular formula is C16H22N4O. The van der Waals surface area contributed by atoms with Crippen molar-refractivity contribution < 1.29 is 4.42 Å². The third kappa shape index (κ3) is 3.54. The summed E-state index contributed by atoms with van der Waals surface area (Å²) in [6.07, 6.45) is 4.22. The Morgan fingerprint density at radius 1 is 1.43 bits per heavy atom. The number of furan rings is 1. The van der Waals surface area contributed by atoms with Crippen molar-refractivity contribution in [3.05, 3.63) is 35.9 Å². The molecule has 0 aliphatic carbocycles. The summed E-state index contributed by atoms with van der Waals surface area (Å²) in [5, 5.41) is 3.24. The van der Waals surface area contributed by atoms with Crippen LogP contribution in [0.15, 0.2) is 28.9 Å². The number of nitrogens with zero attached hydrogens (tertiary/aromatic N) is 3. The van der Waals surface area contributed by atoms with E-state index >= 15 is 0 Å². The van der Waals surface area contributed by atoms with Gasteiger partial charge in [-0.15, -0.1) is 0 Å². The molecule has 112 valence electrons. The zero-order valence-corrected chi connectivity index (χ0v) is 12.7. The molecule has 0 spiro atoms. The third-order valence-electron chi connectivity index (χ3n) is 3.82. The number of rotatable bonds is 4. The van der Waals surface area contributed by atoms with Gasteiger partial charge in [0.1, 0.15) is 11.6 Å². The average Bonchev–Trinajstić information content (AvgIpc) is 2.98. The maximum atomic E-state index is 5.32. The SMILES string of the molecule is Cc1cc(N2CCCC(C)C2)nc(NCc2ccco2)n1. The van der Waals surface area contributed by atoms with Crippen molar-refractivity contribution in [2.24, 2.45) is 5.92 Å². The van der Waals surface area contributed by atoms with Crippen LogP contribution in [0.25, 0.3) is 0 Å². The van der Waals surface area contributed by atoms with Crippen LogP contribution in [0.4, 0.5) is 11.8 Å². The topological polar surface area (TPSA) is 54.2 Å². The minimum Gasteiger partial charge on any atom is -0.467 e. The van der Waals surface area contributed by atoms with Gasteiger partial charge < -0.3 is 14.6 Å². The monoisotopic (exact) mass is 286 g/mol. The van der Waals surface area contributed by atoms with E-state index in [1.807, 2.05) is 19.1 Å². The van der Waals surface area contributed by atoms with Crippen molar-refractivity contribution in [3.8, 4) is 0 Å². The maximum absolute atomic E-state index is 5.32. The Morgan fingerprint density at radius 3 is 3.10 bits per heavy atom. The van der Waals surface area contributed by atoms with Gasteiger partial charge in [-0.25, -0.2) is 4.98 Å². The minimum atomic E-state index is 0.603. The van der Waals surface area contributed by atoms with Crippen molar-refractivity contribution in [1.82, 2.24) is 9.97 Å². The van der Waals surface area contributed by atoms with Crippen LogP contribution < -0.4 is 10.2 Å². The molecule has 3 heterocycles. The van der Waals surface area contributed by atoms with Crippen LogP contribution in [0.1, 0.15) is 31.2 Å². The maximum Gasteiger partial charge on any atom is 0.225 e. The summed E-state index contributed by atoms with van der Waals surface area (Å²) < 4.78 is 5.32. The van der Waals surface area contributed by atoms with Gasteiger partial charge in [0, 0.05) is 24.8 Å². The van der Waals surface area contributed by atoms with E-state index < -0.39 is 0 Å². The van der Waals surface area contributed by atoms with Crippen molar-refractivity contribution >= 4 is 11.8 Å². The van der Waals surface area contributed by atoms with Gasteiger partial charge in [-0.3, -0.25) is 0 Å². The van der Waals surface area contributed by atoms with Crippen molar-refractivity contribution in [2.45, 2.75) is 33.2 Å². The average molecular weight is 286 g/mol. The first kappa shape index (κ1) is 13.9. The fourth-order valence-electron chi connectivity index (χ4n) is 2.77. The summed E-state index contributed by atoms with van der Waals surface area (Å²) in [6.45, 7) is 7.08. The van der Waals surface area contributed by atoms with Gasteiger partial charge in [0.05, 0.1) is 12.8 Å². The molecule has 1 N–H and O–H groups in total. The van der Waals surface area contributed by atoms with Crippen LogP contribution in [0.3, 0.4) is 0 Å². The first-order valence-electron chi connectivity index (χ1n) is 7.57. The number of hydrogen-bond acceptors (Lipinski definition) is 5. The largest absolute Gasteiger partial charge is 0.467 e. The van der Waals surface area contributed by atoms with Crippen molar-refractivity contribution in [3.63, 3.8) is 0 Å². The second kappa shape index (κ2) is 6.16. The molecule has 1 aliphatic rings. The molecule has 1 fully saturated rings. The van der Waals surface area contributed by atoms with Gasteiger partial charge in [-0.05, 0) is 37.8 Å². The lowest BCUT2D eigenvalue weighted by atomic mass is 10.0. The Bertz CT molecular complexity index is 582. The summed E-state index contributed by atoms with van der Waals surface area (Å²) in [4.78, 5) is 11.5. The van der Waals surface area contributed by atoms with Crippen LogP contribution in [-0.2, 0) is 6.54 Å². The van der Waals surface area contributed by atoms with Crippen LogP contribution in [-0.4, -0.2) is 23.1 Å². The van der Waals surface area contributed by atoms with Crippen LogP contribution >= 0.6 is 0 Å². The molecule has 0 saturated carbocycles. The Labute approximate surface area is 125 Å². The molecule has 0 aromatic carbocycles. The molecule has 0 radical (unpaired) electrons. The van der Waals surface area contributed by atoms with Gasteiger partial charge in [0.15, 0.2) is 0 Å². The van der Waals surface area contributed by atoms with E-state index in [-0.39, 0.29) is 0 Å². The third-order valence-corrected chi connectivity index (χ3v) is 3.82. The molecule has 1 saturated heterocycles. The van der Waals surface area contributed by atoms with Crippen molar-refractivity contribution in [2.75, 3.05) is 23.3 Å². The van der Waals surface area contributed by atoms with E-state index in [4.69, 9.17) is 4.42 Å². The minimum absolute atomic E-state index is 0.603. The number of hydrogen-bond donors (Lipinski definition) is 1. The summed E-state index contributed by atoms with van der Waals surface area (Å²) in [7, 11) is 0. The van der Waals surface area contributed by atoms with Gasteiger partial charge in [-0.1, -0.05) is 6.92 Å². The predicted molar refractivity (Wildman–Crippen MR) is 83.4 cm³/mol. The Balaban J connectivity index is 1.72. The number of piperidine rings is 1. The van der Waals surface area contributed by atoms with Gasteiger partial charge in [0.25, 0.3) is 0 Å². The van der Waals surface area contributed by atoms with E-state index in [2.05, 4.69) is 33.2 Å². The first-order valence-corrected chi connectivity index (χ1v) is 7.57. The van der Waals surface area contributed by atoms with Crippen LogP contribution in [0, 0.1) is 12.8 Å². The molecule has 1 unspecified atom stereocenters. The molecule has 0 bridgehead atoms. The molecule has 21 heavy (non-hydrogen) atoms. The van der Waals surface area contributed by atoms with E-state index in [9.17, 15) is 0 Å². The molecule has 3 rings (SSSR count). The van der Waals surface area contributed by atoms with E-state index in [1.54, 1.807) is 6.26 Å². The number of anilines is 2. The second-order valence-corrected chi connectivity index (χ2v) is 5.82. The lowest BCUT2D eigenvalue weighted by Crippen LogP contribution is -2.35. The van der Waals surface area contributed by atoms with Crippen molar-refractivity contribution in [1.29, 1.82) is 0 Å². The highest BCUT2D eigenvalue weighted by Crippen LogP contribution is 2.22. The fourth-order valence-corrected chi connectivity index (χ4v) is 2.77. The van der Waals surface area contributed by atoms with E-state index in [0.29, 0.717) is 12.5 Å². The zero-order valence-electron chi connectivity index (χ0n) is 12.7. The molecule has 2 aromatic rings. The zero-order chi connectivity index (χ0) is 14.7. The smallest absolute Gasteiger partial charge is 0.225 e. The van der Waals surface area contributed by atoms with Crippen LogP contribution in [0.2, 0.25) is 0 Å². The van der Waals surface area contributed by atoms with E-state index in [1.165, 1.54) is 12.8 Å². The highest BCUT2D eigenvalue weighted by Gasteiger charge is 2.18. The normalized spacial score (nSPS) is 18.8. The molecule has 5 nitrogen and oxygen atoms in total. The first-order chi connectivity index (χ1) is 10.2. The summed E-state index contributed by atoms with van der Waals surface area (Å²) in [5.74, 6) is 3.30. The predicted octanol–water partition coefficient (Wildman–Crippen LogP) is 3.23. The Hall–Kier alpha value is -2.04. The summed E-state index contributed by atoms with van der Waals surface area (Å²) >= 11 is 0. The molecular weight excluding hydrogens is 264 g/mol. The second-order valence-electron chi connectivity index (χ2n) is 5.82. The summed E-state index contributed by atoms with van der Waals surface area (Å²) in [6, 6.07) is 5.89. The number of aromatic nitrogens is 2. The Kier molecular flexibility index (Phi) is 4.08. The molecule has 1 aliphatic heterocycles.